The zero-order valence-electron chi connectivity index (χ0n) is 7.75. The van der Waals surface area contributed by atoms with E-state index in [2.05, 4.69) is 25.8 Å². The summed E-state index contributed by atoms with van der Waals surface area (Å²) in [6, 6.07) is 0.679. The van der Waals surface area contributed by atoms with Gasteiger partial charge in [0.05, 0.1) is 6.10 Å². The largest absolute Gasteiger partial charge is 0.392 e. The minimum absolute atomic E-state index is 0.0880. The summed E-state index contributed by atoms with van der Waals surface area (Å²) in [5.41, 5.74) is 0. The molecule has 1 saturated heterocycles. The molecule has 0 aliphatic carbocycles. The van der Waals surface area contributed by atoms with Gasteiger partial charge in [-0.15, -0.1) is 0 Å². The van der Waals surface area contributed by atoms with Crippen LogP contribution in [0.5, 0.6) is 0 Å². The molecule has 0 spiro atoms. The topological polar surface area (TPSA) is 23.5 Å². The molecule has 2 heteroatoms. The summed E-state index contributed by atoms with van der Waals surface area (Å²) in [6.07, 6.45) is 2.04. The molecule has 1 heterocycles. The van der Waals surface area contributed by atoms with Crippen LogP contribution in [0.3, 0.4) is 0 Å². The second kappa shape index (κ2) is 3.55. The Morgan fingerprint density at radius 2 is 2.00 bits per heavy atom. The van der Waals surface area contributed by atoms with Crippen LogP contribution in [0, 0.1) is 5.92 Å². The van der Waals surface area contributed by atoms with Gasteiger partial charge < -0.3 is 10.0 Å². The molecule has 66 valence electrons. The molecule has 1 fully saturated rings. The van der Waals surface area contributed by atoms with Crippen LogP contribution in [-0.4, -0.2) is 35.7 Å². The highest BCUT2D eigenvalue weighted by Crippen LogP contribution is 2.21. The first-order chi connectivity index (χ1) is 5.11. The van der Waals surface area contributed by atoms with Crippen LogP contribution in [0.25, 0.3) is 0 Å². The fraction of sp³-hybridized carbons (Fsp3) is 1.00. The van der Waals surface area contributed by atoms with E-state index in [-0.39, 0.29) is 6.10 Å². The van der Waals surface area contributed by atoms with Crippen LogP contribution in [0.4, 0.5) is 0 Å². The van der Waals surface area contributed by atoms with E-state index in [1.807, 2.05) is 0 Å². The smallest absolute Gasteiger partial charge is 0.0667 e. The minimum Gasteiger partial charge on any atom is -0.392 e. The third-order valence-electron chi connectivity index (χ3n) is 2.63. The van der Waals surface area contributed by atoms with Crippen molar-refractivity contribution >= 4 is 0 Å². The first kappa shape index (κ1) is 9.01. The predicted molar refractivity (Wildman–Crippen MR) is 46.5 cm³/mol. The highest BCUT2D eigenvalue weighted by atomic mass is 16.3. The van der Waals surface area contributed by atoms with E-state index in [4.69, 9.17) is 0 Å². The van der Waals surface area contributed by atoms with E-state index >= 15 is 0 Å². The van der Waals surface area contributed by atoms with Crippen molar-refractivity contribution in [3.8, 4) is 0 Å². The summed E-state index contributed by atoms with van der Waals surface area (Å²) in [5, 5.41) is 9.34. The van der Waals surface area contributed by atoms with E-state index in [0.29, 0.717) is 12.0 Å². The second-order valence-electron chi connectivity index (χ2n) is 3.98. The molecule has 1 aliphatic heterocycles. The molecule has 2 nitrogen and oxygen atoms in total. The average molecular weight is 157 g/mol. The average Bonchev–Trinajstić information content (AvgIpc) is 1.85. The molecule has 1 aliphatic rings. The number of piperidine rings is 1. The van der Waals surface area contributed by atoms with Crippen molar-refractivity contribution < 1.29 is 5.11 Å². The summed E-state index contributed by atoms with van der Waals surface area (Å²) in [7, 11) is 2.10. The number of aliphatic hydroxyl groups excluding tert-OH is 1. The van der Waals surface area contributed by atoms with Gasteiger partial charge >= 0.3 is 0 Å². The van der Waals surface area contributed by atoms with E-state index in [1.54, 1.807) is 0 Å². The quantitative estimate of drug-likeness (QED) is 0.616. The van der Waals surface area contributed by atoms with Crippen molar-refractivity contribution in [3.05, 3.63) is 0 Å². The van der Waals surface area contributed by atoms with Crippen LogP contribution in [-0.2, 0) is 0 Å². The summed E-state index contributed by atoms with van der Waals surface area (Å²) >= 11 is 0. The fourth-order valence-corrected chi connectivity index (χ4v) is 1.98. The van der Waals surface area contributed by atoms with Gasteiger partial charge in [0.1, 0.15) is 0 Å². The minimum atomic E-state index is -0.0880. The van der Waals surface area contributed by atoms with Crippen molar-refractivity contribution in [2.75, 3.05) is 13.6 Å². The Balaban J connectivity index is 2.44. The maximum atomic E-state index is 9.34. The molecule has 2 atom stereocenters. The summed E-state index contributed by atoms with van der Waals surface area (Å²) < 4.78 is 0. The van der Waals surface area contributed by atoms with Crippen molar-refractivity contribution in [2.24, 2.45) is 5.92 Å². The number of hydrogen-bond acceptors (Lipinski definition) is 2. The standard InChI is InChI=1S/C9H19NO/c1-7(2)9-5-4-8(11)6-10(9)3/h7-9,11H,4-6H2,1-3H3/t8-,9-/m0/s1. The van der Waals surface area contributed by atoms with Crippen LogP contribution in [0.15, 0.2) is 0 Å². The third kappa shape index (κ3) is 2.17. The van der Waals surface area contributed by atoms with Gasteiger partial charge in [-0.1, -0.05) is 13.8 Å². The molecule has 0 aromatic carbocycles. The number of likely N-dealkylation sites (tertiary alicyclic amines) is 1. The maximum absolute atomic E-state index is 9.34. The van der Waals surface area contributed by atoms with Gasteiger partial charge in [-0.3, -0.25) is 0 Å². The second-order valence-corrected chi connectivity index (χ2v) is 3.98. The van der Waals surface area contributed by atoms with Gasteiger partial charge in [-0.25, -0.2) is 0 Å². The van der Waals surface area contributed by atoms with E-state index in [9.17, 15) is 5.11 Å². The van der Waals surface area contributed by atoms with Gasteiger partial charge in [0.15, 0.2) is 0 Å². The summed E-state index contributed by atoms with van der Waals surface area (Å²) in [6.45, 7) is 5.35. The van der Waals surface area contributed by atoms with Crippen molar-refractivity contribution in [1.29, 1.82) is 0 Å². The Labute approximate surface area is 69.2 Å². The molecule has 0 amide bonds. The van der Waals surface area contributed by atoms with E-state index in [0.717, 1.165) is 19.4 Å². The molecule has 11 heavy (non-hydrogen) atoms. The molecule has 0 aromatic heterocycles. The highest BCUT2D eigenvalue weighted by molar-refractivity contribution is 4.80. The Morgan fingerprint density at radius 1 is 1.36 bits per heavy atom. The van der Waals surface area contributed by atoms with Crippen LogP contribution in [0.1, 0.15) is 26.7 Å². The predicted octanol–water partition coefficient (Wildman–Crippen LogP) is 1.10. The first-order valence-corrected chi connectivity index (χ1v) is 4.49. The Hall–Kier alpha value is -0.0800. The molecule has 0 unspecified atom stereocenters. The molecule has 0 bridgehead atoms. The lowest BCUT2D eigenvalue weighted by Crippen LogP contribution is -2.45. The van der Waals surface area contributed by atoms with Crippen molar-refractivity contribution in [1.82, 2.24) is 4.90 Å². The van der Waals surface area contributed by atoms with E-state index in [1.165, 1.54) is 0 Å². The van der Waals surface area contributed by atoms with Gasteiger partial charge in [0, 0.05) is 12.6 Å². The molecule has 0 saturated carbocycles. The lowest BCUT2D eigenvalue weighted by Gasteiger charge is -2.37. The lowest BCUT2D eigenvalue weighted by atomic mass is 9.92. The van der Waals surface area contributed by atoms with Crippen molar-refractivity contribution in [2.45, 2.75) is 38.8 Å². The number of aliphatic hydroxyl groups is 1. The third-order valence-corrected chi connectivity index (χ3v) is 2.63. The molecule has 1 rings (SSSR count). The molecular formula is C9H19NO. The SMILES string of the molecule is CC(C)[C@@H]1CC[C@H](O)CN1C. The molecular weight excluding hydrogens is 138 g/mol. The van der Waals surface area contributed by atoms with Crippen molar-refractivity contribution in [3.63, 3.8) is 0 Å². The normalized spacial score (nSPS) is 34.6. The van der Waals surface area contributed by atoms with Gasteiger partial charge in [0.2, 0.25) is 0 Å². The number of β-amino-alcohol motifs (C(OH)–C–C–N with tert-alkyl or cyclic N) is 1. The lowest BCUT2D eigenvalue weighted by molar-refractivity contribution is 0.0355. The Kier molecular flexibility index (Phi) is 2.90. The first-order valence-electron chi connectivity index (χ1n) is 4.49. The molecule has 1 N–H and O–H groups in total. The highest BCUT2D eigenvalue weighted by Gasteiger charge is 2.25. The number of hydrogen-bond donors (Lipinski definition) is 1. The number of rotatable bonds is 1. The Morgan fingerprint density at radius 3 is 2.45 bits per heavy atom. The van der Waals surface area contributed by atoms with Gasteiger partial charge in [0.25, 0.3) is 0 Å². The van der Waals surface area contributed by atoms with Crippen LogP contribution in [0.2, 0.25) is 0 Å². The molecule has 0 aromatic rings. The molecule has 0 radical (unpaired) electrons. The maximum Gasteiger partial charge on any atom is 0.0667 e. The van der Waals surface area contributed by atoms with Crippen LogP contribution >= 0.6 is 0 Å². The van der Waals surface area contributed by atoms with Gasteiger partial charge in [-0.05, 0) is 25.8 Å². The van der Waals surface area contributed by atoms with Gasteiger partial charge in [-0.2, -0.15) is 0 Å². The van der Waals surface area contributed by atoms with E-state index < -0.39 is 0 Å². The number of likely N-dealkylation sites (N-methyl/N-ethyl adjacent to an activating group) is 1. The summed E-state index contributed by atoms with van der Waals surface area (Å²) in [4.78, 5) is 2.28. The fourth-order valence-electron chi connectivity index (χ4n) is 1.98. The number of nitrogens with zero attached hydrogens (tertiary/aromatic N) is 1. The zero-order chi connectivity index (χ0) is 8.43. The van der Waals surface area contributed by atoms with Crippen LogP contribution < -0.4 is 0 Å². The monoisotopic (exact) mass is 157 g/mol. The summed E-state index contributed by atoms with van der Waals surface area (Å²) in [5.74, 6) is 0.715. The Bertz CT molecular complexity index is 125. The zero-order valence-corrected chi connectivity index (χ0v) is 7.75.